The molecule has 0 saturated heterocycles. The van der Waals surface area contributed by atoms with E-state index in [1.807, 2.05) is 24.5 Å². The van der Waals surface area contributed by atoms with Gasteiger partial charge in [0.05, 0.1) is 17.1 Å². The van der Waals surface area contributed by atoms with Gasteiger partial charge < -0.3 is 19.2 Å². The van der Waals surface area contributed by atoms with Crippen molar-refractivity contribution in [1.82, 2.24) is 14.8 Å². The standard InChI is InChI=1S/C20H20N4O4S/c1-4-8-24-18(15-7-9-26-12(15)2)22-23-20(24)29-13(3)19(25)21-14-5-6-16-17(10-14)28-11-27-16/h4-7,9-10,13H,1,8,11H2,2-3H3,(H,21,25)/t13-/m1/s1. The van der Waals surface area contributed by atoms with Crippen LogP contribution in [0, 0.1) is 6.92 Å². The zero-order valence-electron chi connectivity index (χ0n) is 16.0. The summed E-state index contributed by atoms with van der Waals surface area (Å²) in [5, 5.41) is 11.7. The molecule has 9 heteroatoms. The average molecular weight is 412 g/mol. The Bertz CT molecular complexity index is 1060. The van der Waals surface area contributed by atoms with E-state index in [-0.39, 0.29) is 12.7 Å². The Morgan fingerprint density at radius 2 is 2.17 bits per heavy atom. The van der Waals surface area contributed by atoms with Crippen molar-refractivity contribution in [2.75, 3.05) is 12.1 Å². The van der Waals surface area contributed by atoms with Gasteiger partial charge in [0.25, 0.3) is 0 Å². The zero-order chi connectivity index (χ0) is 20.4. The Balaban J connectivity index is 1.49. The van der Waals surface area contributed by atoms with Crippen molar-refractivity contribution in [2.24, 2.45) is 0 Å². The number of nitrogens with one attached hydrogen (secondary N) is 1. The van der Waals surface area contributed by atoms with Gasteiger partial charge in [-0.05, 0) is 32.0 Å². The summed E-state index contributed by atoms with van der Waals surface area (Å²) in [6.07, 6.45) is 3.38. The third kappa shape index (κ3) is 3.86. The number of fused-ring (bicyclic) bond motifs is 1. The van der Waals surface area contributed by atoms with Crippen molar-refractivity contribution in [2.45, 2.75) is 30.8 Å². The van der Waals surface area contributed by atoms with Crippen LogP contribution in [-0.4, -0.2) is 32.7 Å². The summed E-state index contributed by atoms with van der Waals surface area (Å²) in [7, 11) is 0. The predicted octanol–water partition coefficient (Wildman–Crippen LogP) is 3.88. The largest absolute Gasteiger partial charge is 0.469 e. The highest BCUT2D eigenvalue weighted by Gasteiger charge is 2.22. The fourth-order valence-corrected chi connectivity index (χ4v) is 3.77. The number of furan rings is 1. The van der Waals surface area contributed by atoms with Gasteiger partial charge in [-0.2, -0.15) is 0 Å². The molecule has 3 heterocycles. The molecule has 0 saturated carbocycles. The first-order valence-electron chi connectivity index (χ1n) is 9.02. The molecule has 1 N–H and O–H groups in total. The van der Waals surface area contributed by atoms with Gasteiger partial charge in [0, 0.05) is 18.3 Å². The van der Waals surface area contributed by atoms with Crippen molar-refractivity contribution in [3.05, 3.63) is 48.9 Å². The van der Waals surface area contributed by atoms with E-state index in [2.05, 4.69) is 22.1 Å². The lowest BCUT2D eigenvalue weighted by atomic mass is 10.2. The molecule has 1 aromatic carbocycles. The Morgan fingerprint density at radius 3 is 2.93 bits per heavy atom. The Hall–Kier alpha value is -3.20. The minimum Gasteiger partial charge on any atom is -0.469 e. The van der Waals surface area contributed by atoms with Crippen molar-refractivity contribution in [1.29, 1.82) is 0 Å². The normalized spacial score (nSPS) is 13.3. The number of amides is 1. The van der Waals surface area contributed by atoms with E-state index >= 15 is 0 Å². The summed E-state index contributed by atoms with van der Waals surface area (Å²) in [4.78, 5) is 12.7. The van der Waals surface area contributed by atoms with Crippen LogP contribution in [0.1, 0.15) is 12.7 Å². The average Bonchev–Trinajstić information content (AvgIpc) is 3.42. The number of ether oxygens (including phenoxy) is 2. The predicted molar refractivity (Wildman–Crippen MR) is 109 cm³/mol. The molecule has 0 fully saturated rings. The number of carbonyl (C=O) groups excluding carboxylic acids is 1. The van der Waals surface area contributed by atoms with Gasteiger partial charge in [-0.25, -0.2) is 0 Å². The molecular weight excluding hydrogens is 392 g/mol. The second-order valence-electron chi connectivity index (χ2n) is 6.41. The van der Waals surface area contributed by atoms with Gasteiger partial charge in [-0.15, -0.1) is 16.8 Å². The third-order valence-corrected chi connectivity index (χ3v) is 5.50. The molecule has 1 aliphatic rings. The van der Waals surface area contributed by atoms with Crippen molar-refractivity contribution < 1.29 is 18.7 Å². The maximum absolute atomic E-state index is 12.7. The van der Waals surface area contributed by atoms with E-state index < -0.39 is 5.25 Å². The fraction of sp³-hybridized carbons (Fsp3) is 0.250. The Morgan fingerprint density at radius 1 is 1.34 bits per heavy atom. The van der Waals surface area contributed by atoms with Crippen molar-refractivity contribution in [3.8, 4) is 22.9 Å². The minimum atomic E-state index is -0.397. The number of hydrogen-bond donors (Lipinski definition) is 1. The van der Waals surface area contributed by atoms with Crippen LogP contribution in [0.15, 0.2) is 52.8 Å². The molecule has 150 valence electrons. The summed E-state index contributed by atoms with van der Waals surface area (Å²) in [5.41, 5.74) is 1.51. The number of thioether (sulfide) groups is 1. The SMILES string of the molecule is C=CCn1c(S[C@H](C)C(=O)Nc2ccc3c(c2)OCO3)nnc1-c1ccoc1C. The highest BCUT2D eigenvalue weighted by Crippen LogP contribution is 2.35. The molecule has 0 radical (unpaired) electrons. The number of hydrogen-bond acceptors (Lipinski definition) is 7. The maximum Gasteiger partial charge on any atom is 0.237 e. The molecule has 29 heavy (non-hydrogen) atoms. The molecule has 1 atom stereocenters. The summed E-state index contributed by atoms with van der Waals surface area (Å²) < 4.78 is 17.9. The molecule has 1 aliphatic heterocycles. The highest BCUT2D eigenvalue weighted by molar-refractivity contribution is 8.00. The van der Waals surface area contributed by atoms with E-state index in [0.29, 0.717) is 34.7 Å². The van der Waals surface area contributed by atoms with E-state index in [0.717, 1.165) is 11.3 Å². The second-order valence-corrected chi connectivity index (χ2v) is 7.72. The van der Waals surface area contributed by atoms with E-state index in [1.54, 1.807) is 30.5 Å². The van der Waals surface area contributed by atoms with E-state index in [9.17, 15) is 4.79 Å². The molecule has 0 unspecified atom stereocenters. The lowest BCUT2D eigenvalue weighted by Crippen LogP contribution is -2.23. The van der Waals surface area contributed by atoms with Gasteiger partial charge in [-0.1, -0.05) is 17.8 Å². The van der Waals surface area contributed by atoms with Crippen LogP contribution >= 0.6 is 11.8 Å². The summed E-state index contributed by atoms with van der Waals surface area (Å²) in [6.45, 7) is 8.21. The summed E-state index contributed by atoms with van der Waals surface area (Å²) in [5.74, 6) is 2.58. The molecule has 8 nitrogen and oxygen atoms in total. The summed E-state index contributed by atoms with van der Waals surface area (Å²) >= 11 is 1.33. The smallest absolute Gasteiger partial charge is 0.237 e. The van der Waals surface area contributed by atoms with Gasteiger partial charge >= 0.3 is 0 Å². The number of rotatable bonds is 7. The molecule has 0 spiro atoms. The van der Waals surface area contributed by atoms with Crippen LogP contribution in [0.3, 0.4) is 0 Å². The number of nitrogens with zero attached hydrogens (tertiary/aromatic N) is 3. The zero-order valence-corrected chi connectivity index (χ0v) is 16.9. The second kappa shape index (κ2) is 8.04. The number of aromatic nitrogens is 3. The first-order valence-corrected chi connectivity index (χ1v) is 9.90. The number of aryl methyl sites for hydroxylation is 1. The summed E-state index contributed by atoms with van der Waals surface area (Å²) in [6, 6.07) is 7.15. The van der Waals surface area contributed by atoms with Gasteiger partial charge in [-0.3, -0.25) is 9.36 Å². The number of anilines is 1. The van der Waals surface area contributed by atoms with Crippen LogP contribution < -0.4 is 14.8 Å². The van der Waals surface area contributed by atoms with E-state index in [4.69, 9.17) is 13.9 Å². The minimum absolute atomic E-state index is 0.150. The molecular formula is C20H20N4O4S. The van der Waals surface area contributed by atoms with Gasteiger partial charge in [0.15, 0.2) is 22.5 Å². The van der Waals surface area contributed by atoms with Crippen LogP contribution in [-0.2, 0) is 11.3 Å². The number of allylic oxidation sites excluding steroid dienone is 1. The van der Waals surface area contributed by atoms with Crippen LogP contribution in [0.25, 0.3) is 11.4 Å². The van der Waals surface area contributed by atoms with Crippen molar-refractivity contribution >= 4 is 23.4 Å². The Labute approximate surface area is 171 Å². The first kappa shape index (κ1) is 19.1. The van der Waals surface area contributed by atoms with Gasteiger partial charge in [0.2, 0.25) is 12.7 Å². The topological polar surface area (TPSA) is 91.4 Å². The van der Waals surface area contributed by atoms with Gasteiger partial charge in [0.1, 0.15) is 5.76 Å². The van der Waals surface area contributed by atoms with Crippen molar-refractivity contribution in [3.63, 3.8) is 0 Å². The molecule has 0 aliphatic carbocycles. The Kier molecular flexibility index (Phi) is 5.30. The molecule has 4 rings (SSSR count). The maximum atomic E-state index is 12.7. The lowest BCUT2D eigenvalue weighted by molar-refractivity contribution is -0.115. The third-order valence-electron chi connectivity index (χ3n) is 4.42. The molecule has 3 aromatic rings. The molecule has 2 aromatic heterocycles. The van der Waals surface area contributed by atoms with Crippen LogP contribution in [0.4, 0.5) is 5.69 Å². The fourth-order valence-electron chi connectivity index (χ4n) is 2.92. The monoisotopic (exact) mass is 412 g/mol. The quantitative estimate of drug-likeness (QED) is 0.465. The van der Waals surface area contributed by atoms with Crippen LogP contribution in [0.2, 0.25) is 0 Å². The lowest BCUT2D eigenvalue weighted by Gasteiger charge is -2.13. The van der Waals surface area contributed by atoms with Crippen LogP contribution in [0.5, 0.6) is 11.5 Å². The number of benzene rings is 1. The molecule has 1 amide bonds. The van der Waals surface area contributed by atoms with E-state index in [1.165, 1.54) is 11.8 Å². The molecule has 0 bridgehead atoms. The first-order chi connectivity index (χ1) is 14.1. The highest BCUT2D eigenvalue weighted by atomic mass is 32.2. The number of carbonyl (C=O) groups is 1.